The fraction of sp³-hybridized carbons (Fsp3) is 0.579. The molecule has 1 unspecified atom stereocenters. The number of nitrogens with one attached hydrogen (secondary N) is 2. The quantitative estimate of drug-likeness (QED) is 0.657. The molecule has 0 aliphatic carbocycles. The Morgan fingerprint density at radius 1 is 1.22 bits per heavy atom. The summed E-state index contributed by atoms with van der Waals surface area (Å²) in [5, 5.41) is 5.85. The summed E-state index contributed by atoms with van der Waals surface area (Å²) < 4.78 is 5.63. The normalized spacial score (nSPS) is 19.7. The fourth-order valence-electron chi connectivity index (χ4n) is 3.03. The summed E-state index contributed by atoms with van der Waals surface area (Å²) in [6.45, 7) is 7.59. The zero-order valence-electron chi connectivity index (χ0n) is 16.2. The van der Waals surface area contributed by atoms with Gasteiger partial charge in [-0.2, -0.15) is 0 Å². The predicted octanol–water partition coefficient (Wildman–Crippen LogP) is 2.67. The van der Waals surface area contributed by atoms with Crippen molar-refractivity contribution in [1.82, 2.24) is 10.2 Å². The van der Waals surface area contributed by atoms with Crippen LogP contribution in [0.3, 0.4) is 0 Å². The topological polar surface area (TPSA) is 96.7 Å². The molecular weight excluding hydrogens is 368 g/mol. The number of hydrogen-bond acceptors (Lipinski definition) is 4. The molecule has 1 aliphatic rings. The van der Waals surface area contributed by atoms with Gasteiger partial charge in [0, 0.05) is 25.3 Å². The van der Waals surface area contributed by atoms with E-state index in [1.165, 1.54) is 0 Å². The van der Waals surface area contributed by atoms with Crippen LogP contribution in [-0.4, -0.2) is 48.7 Å². The first-order valence-electron chi connectivity index (χ1n) is 9.30. The van der Waals surface area contributed by atoms with Crippen LogP contribution in [0, 0.1) is 0 Å². The number of carbonyl (C=O) groups is 2. The maximum absolute atomic E-state index is 12.3. The molecule has 1 fully saturated rings. The van der Waals surface area contributed by atoms with Crippen LogP contribution < -0.4 is 16.4 Å². The molecule has 1 aliphatic heterocycles. The highest BCUT2D eigenvalue weighted by molar-refractivity contribution is 5.89. The molecule has 8 heteroatoms. The summed E-state index contributed by atoms with van der Waals surface area (Å²) in [5.41, 5.74) is 7.28. The monoisotopic (exact) mass is 398 g/mol. The molecule has 0 radical (unpaired) electrons. The highest BCUT2D eigenvalue weighted by atomic mass is 35.5. The third-order valence-corrected chi connectivity index (χ3v) is 4.73. The van der Waals surface area contributed by atoms with E-state index in [1.807, 2.05) is 45.0 Å². The molecule has 3 atom stereocenters. The fourth-order valence-corrected chi connectivity index (χ4v) is 3.03. The molecule has 1 heterocycles. The summed E-state index contributed by atoms with van der Waals surface area (Å²) in [6, 6.07) is 7.24. The van der Waals surface area contributed by atoms with Gasteiger partial charge in [0.25, 0.3) is 0 Å². The molecule has 1 aromatic carbocycles. The summed E-state index contributed by atoms with van der Waals surface area (Å²) in [6.07, 6.45) is 1.09. The molecular formula is C19H31ClN4O3. The van der Waals surface area contributed by atoms with Crippen molar-refractivity contribution >= 4 is 30.0 Å². The van der Waals surface area contributed by atoms with Crippen molar-refractivity contribution in [3.8, 4) is 0 Å². The average molecular weight is 399 g/mol. The van der Waals surface area contributed by atoms with Crippen molar-refractivity contribution in [2.24, 2.45) is 5.73 Å². The molecule has 27 heavy (non-hydrogen) atoms. The Morgan fingerprint density at radius 3 is 2.37 bits per heavy atom. The molecule has 7 nitrogen and oxygen atoms in total. The maximum atomic E-state index is 12.3. The first-order valence-corrected chi connectivity index (χ1v) is 9.30. The number of hydrogen-bond donors (Lipinski definition) is 3. The zero-order chi connectivity index (χ0) is 19.1. The van der Waals surface area contributed by atoms with Crippen molar-refractivity contribution in [2.75, 3.05) is 25.0 Å². The summed E-state index contributed by atoms with van der Waals surface area (Å²) >= 11 is 0. The molecule has 0 aromatic heterocycles. The van der Waals surface area contributed by atoms with Gasteiger partial charge in [0.1, 0.15) is 6.10 Å². The lowest BCUT2D eigenvalue weighted by atomic mass is 10.1. The van der Waals surface area contributed by atoms with E-state index >= 15 is 0 Å². The number of benzene rings is 1. The van der Waals surface area contributed by atoms with Crippen LogP contribution >= 0.6 is 12.4 Å². The molecule has 1 aromatic rings. The highest BCUT2D eigenvalue weighted by Gasteiger charge is 2.30. The second-order valence-corrected chi connectivity index (χ2v) is 6.51. The van der Waals surface area contributed by atoms with Gasteiger partial charge in [-0.15, -0.1) is 12.4 Å². The minimum Gasteiger partial charge on any atom is -0.364 e. The van der Waals surface area contributed by atoms with Crippen LogP contribution in [0.1, 0.15) is 45.2 Å². The number of amides is 3. The van der Waals surface area contributed by atoms with E-state index in [0.29, 0.717) is 26.1 Å². The van der Waals surface area contributed by atoms with Crippen LogP contribution in [0.25, 0.3) is 0 Å². The Hall–Kier alpha value is -1.83. The number of ether oxygens (including phenoxy) is 1. The van der Waals surface area contributed by atoms with Gasteiger partial charge >= 0.3 is 6.03 Å². The lowest BCUT2D eigenvalue weighted by Crippen LogP contribution is -2.37. The van der Waals surface area contributed by atoms with Gasteiger partial charge in [-0.3, -0.25) is 4.79 Å². The SMILES string of the molecule is CCN(CC)C(=O)Nc1ccc(C(C)NC(=O)[C@@H]2CC[C@H](CN)O2)cc1.Cl. The van der Waals surface area contributed by atoms with Gasteiger partial charge in [0.15, 0.2) is 0 Å². The van der Waals surface area contributed by atoms with Crippen LogP contribution in [0.5, 0.6) is 0 Å². The second kappa shape index (κ2) is 11.1. The molecule has 0 bridgehead atoms. The summed E-state index contributed by atoms with van der Waals surface area (Å²) in [5.74, 6) is -0.104. The van der Waals surface area contributed by atoms with Gasteiger partial charge < -0.3 is 26.0 Å². The van der Waals surface area contributed by atoms with Gasteiger partial charge in [-0.25, -0.2) is 4.79 Å². The van der Waals surface area contributed by atoms with E-state index in [4.69, 9.17) is 10.5 Å². The third-order valence-electron chi connectivity index (χ3n) is 4.73. The molecule has 3 amide bonds. The zero-order valence-corrected chi connectivity index (χ0v) is 17.1. The molecule has 0 spiro atoms. The lowest BCUT2D eigenvalue weighted by molar-refractivity contribution is -0.132. The van der Waals surface area contributed by atoms with E-state index < -0.39 is 6.10 Å². The average Bonchev–Trinajstić information content (AvgIpc) is 3.12. The molecule has 152 valence electrons. The van der Waals surface area contributed by atoms with E-state index in [2.05, 4.69) is 10.6 Å². The molecule has 0 saturated carbocycles. The van der Waals surface area contributed by atoms with Crippen molar-refractivity contribution in [3.63, 3.8) is 0 Å². The highest BCUT2D eigenvalue weighted by Crippen LogP contribution is 2.21. The largest absolute Gasteiger partial charge is 0.364 e. The van der Waals surface area contributed by atoms with Gasteiger partial charge in [-0.05, 0) is 51.3 Å². The molecule has 4 N–H and O–H groups in total. The van der Waals surface area contributed by atoms with E-state index in [1.54, 1.807) is 4.90 Å². The van der Waals surface area contributed by atoms with Crippen LogP contribution in [0.2, 0.25) is 0 Å². The Balaban J connectivity index is 0.00000364. The van der Waals surface area contributed by atoms with Crippen molar-refractivity contribution in [1.29, 1.82) is 0 Å². The standard InChI is InChI=1S/C19H30N4O3.ClH/c1-4-23(5-2)19(25)22-15-8-6-14(7-9-15)13(3)21-18(24)17-11-10-16(12-20)26-17;/h6-9,13,16-17H,4-5,10-12,20H2,1-3H3,(H,21,24)(H,22,25);1H/t13?,16-,17+;/m1./s1. The maximum Gasteiger partial charge on any atom is 0.321 e. The van der Waals surface area contributed by atoms with Gasteiger partial charge in [0.2, 0.25) is 5.91 Å². The second-order valence-electron chi connectivity index (χ2n) is 6.51. The number of carbonyl (C=O) groups excluding carboxylic acids is 2. The van der Waals surface area contributed by atoms with Crippen LogP contribution in [0.4, 0.5) is 10.5 Å². The van der Waals surface area contributed by atoms with Crippen molar-refractivity contribution < 1.29 is 14.3 Å². The number of urea groups is 1. The van der Waals surface area contributed by atoms with E-state index in [-0.39, 0.29) is 36.5 Å². The number of halogens is 1. The third kappa shape index (κ3) is 6.37. The molecule has 2 rings (SSSR count). The minimum absolute atomic E-state index is 0. The Bertz CT molecular complexity index is 607. The minimum atomic E-state index is -0.418. The number of rotatable bonds is 7. The summed E-state index contributed by atoms with van der Waals surface area (Å²) in [4.78, 5) is 26.1. The predicted molar refractivity (Wildman–Crippen MR) is 109 cm³/mol. The Labute approximate surface area is 167 Å². The molecule has 1 saturated heterocycles. The Kier molecular flexibility index (Phi) is 9.55. The van der Waals surface area contributed by atoms with E-state index in [9.17, 15) is 9.59 Å². The van der Waals surface area contributed by atoms with E-state index in [0.717, 1.165) is 17.7 Å². The summed E-state index contributed by atoms with van der Waals surface area (Å²) in [7, 11) is 0. The van der Waals surface area contributed by atoms with Gasteiger partial charge in [0.05, 0.1) is 12.1 Å². The van der Waals surface area contributed by atoms with Crippen LogP contribution in [0.15, 0.2) is 24.3 Å². The first-order chi connectivity index (χ1) is 12.5. The lowest BCUT2D eigenvalue weighted by Gasteiger charge is -2.20. The number of nitrogens with zero attached hydrogens (tertiary/aromatic N) is 1. The Morgan fingerprint density at radius 2 is 1.85 bits per heavy atom. The van der Waals surface area contributed by atoms with Crippen molar-refractivity contribution in [2.45, 2.75) is 51.9 Å². The van der Waals surface area contributed by atoms with Crippen molar-refractivity contribution in [3.05, 3.63) is 29.8 Å². The van der Waals surface area contributed by atoms with Gasteiger partial charge in [-0.1, -0.05) is 12.1 Å². The number of nitrogens with two attached hydrogens (primary N) is 1. The van der Waals surface area contributed by atoms with Crippen LogP contribution in [-0.2, 0) is 9.53 Å². The smallest absolute Gasteiger partial charge is 0.321 e. The number of anilines is 1. The first kappa shape index (κ1) is 23.2.